The molecule has 4 nitrogen and oxygen atoms in total. The molecule has 0 aromatic rings. The highest BCUT2D eigenvalue weighted by molar-refractivity contribution is 5.65. The van der Waals surface area contributed by atoms with Crippen molar-refractivity contribution in [3.63, 3.8) is 0 Å². The Kier molecular flexibility index (Phi) is 4.11. The van der Waals surface area contributed by atoms with E-state index in [9.17, 15) is 15.0 Å². The number of aliphatic hydroxyl groups is 2. The molecular formula is C22H36O4. The third-order valence-corrected chi connectivity index (χ3v) is 9.16. The molecule has 4 aliphatic carbocycles. The predicted molar refractivity (Wildman–Crippen MR) is 99.3 cm³/mol. The molecule has 26 heavy (non-hydrogen) atoms. The van der Waals surface area contributed by atoms with Crippen LogP contribution in [0.3, 0.4) is 0 Å². The van der Waals surface area contributed by atoms with E-state index in [2.05, 4.69) is 13.8 Å². The van der Waals surface area contributed by atoms with E-state index in [1.807, 2.05) is 6.92 Å². The Labute approximate surface area is 157 Å². The lowest BCUT2D eigenvalue weighted by Crippen LogP contribution is -2.61. The Bertz CT molecular complexity index is 601. The Morgan fingerprint density at radius 2 is 1.92 bits per heavy atom. The zero-order chi connectivity index (χ0) is 19.0. The summed E-state index contributed by atoms with van der Waals surface area (Å²) in [7, 11) is 0. The molecule has 4 heteroatoms. The number of esters is 1. The number of hydrogen-bond donors (Lipinski definition) is 2. The average molecular weight is 365 g/mol. The third kappa shape index (κ3) is 2.51. The van der Waals surface area contributed by atoms with E-state index in [0.717, 1.165) is 51.4 Å². The minimum Gasteiger partial charge on any atom is -0.465 e. The normalized spacial score (nSPS) is 55.8. The third-order valence-electron chi connectivity index (χ3n) is 9.16. The fourth-order valence-electron chi connectivity index (χ4n) is 8.47. The molecule has 4 rings (SSSR count). The van der Waals surface area contributed by atoms with Crippen molar-refractivity contribution in [3.05, 3.63) is 0 Å². The van der Waals surface area contributed by atoms with Gasteiger partial charge in [-0.1, -0.05) is 20.3 Å². The molecule has 4 aliphatic rings. The number of fused-ring (bicyclic) bond motifs is 3. The molecule has 0 saturated heterocycles. The molecule has 1 unspecified atom stereocenters. The molecule has 148 valence electrons. The maximum atomic E-state index is 11.4. The van der Waals surface area contributed by atoms with Crippen molar-refractivity contribution >= 4 is 5.97 Å². The summed E-state index contributed by atoms with van der Waals surface area (Å²) < 4.78 is 5.49. The van der Waals surface area contributed by atoms with Gasteiger partial charge in [0, 0.05) is 12.3 Å². The Morgan fingerprint density at radius 1 is 1.19 bits per heavy atom. The number of ether oxygens (including phenoxy) is 1. The minimum absolute atomic E-state index is 0.00201. The van der Waals surface area contributed by atoms with Crippen molar-refractivity contribution in [2.75, 3.05) is 6.61 Å². The fourth-order valence-corrected chi connectivity index (χ4v) is 8.47. The summed E-state index contributed by atoms with van der Waals surface area (Å²) in [5, 5.41) is 22.2. The summed E-state index contributed by atoms with van der Waals surface area (Å²) in [6.07, 6.45) is 7.93. The molecule has 0 aliphatic heterocycles. The quantitative estimate of drug-likeness (QED) is 0.734. The lowest BCUT2D eigenvalue weighted by molar-refractivity contribution is -0.198. The van der Waals surface area contributed by atoms with Gasteiger partial charge in [-0.3, -0.25) is 4.79 Å². The number of rotatable bonds is 2. The smallest absolute Gasteiger partial charge is 0.302 e. The topological polar surface area (TPSA) is 66.8 Å². The van der Waals surface area contributed by atoms with Crippen molar-refractivity contribution in [2.45, 2.75) is 90.8 Å². The Balaban J connectivity index is 1.69. The molecule has 0 aromatic carbocycles. The second-order valence-electron chi connectivity index (χ2n) is 11.0. The molecule has 2 bridgehead atoms. The van der Waals surface area contributed by atoms with Gasteiger partial charge in [-0.15, -0.1) is 0 Å². The summed E-state index contributed by atoms with van der Waals surface area (Å²) >= 11 is 0. The first kappa shape index (κ1) is 18.7. The number of aliphatic hydroxyl groups excluding tert-OH is 1. The van der Waals surface area contributed by atoms with Gasteiger partial charge in [-0.25, -0.2) is 0 Å². The monoisotopic (exact) mass is 364 g/mol. The van der Waals surface area contributed by atoms with Crippen molar-refractivity contribution in [1.29, 1.82) is 0 Å². The van der Waals surface area contributed by atoms with Crippen LogP contribution in [0.15, 0.2) is 0 Å². The molecule has 0 amide bonds. The summed E-state index contributed by atoms with van der Waals surface area (Å²) in [5.74, 6) is 0.773. The molecule has 2 N–H and O–H groups in total. The zero-order valence-electron chi connectivity index (χ0n) is 16.9. The minimum atomic E-state index is -0.630. The number of hydrogen-bond acceptors (Lipinski definition) is 4. The molecule has 1 spiro atoms. The highest BCUT2D eigenvalue weighted by Crippen LogP contribution is 2.72. The number of carbonyl (C=O) groups is 1. The fraction of sp³-hybridized carbons (Fsp3) is 0.955. The van der Waals surface area contributed by atoms with Crippen molar-refractivity contribution in [1.82, 2.24) is 0 Å². The van der Waals surface area contributed by atoms with Crippen LogP contribution in [0.4, 0.5) is 0 Å². The van der Waals surface area contributed by atoms with Gasteiger partial charge in [-0.2, -0.15) is 0 Å². The SMILES string of the molecule is CC(=O)OC[C@@]1(C)CCC[C@]2(C)[C@@H]1CC[C@@]13C[C@@H](C[C@H](O)[C@H]12)C(C)(O)C3. The molecular weight excluding hydrogens is 328 g/mol. The molecule has 8 atom stereocenters. The van der Waals surface area contributed by atoms with E-state index in [1.165, 1.54) is 6.92 Å². The van der Waals surface area contributed by atoms with Crippen LogP contribution in [0.2, 0.25) is 0 Å². The maximum absolute atomic E-state index is 11.4. The number of carbonyl (C=O) groups excluding carboxylic acids is 1. The highest BCUT2D eigenvalue weighted by Gasteiger charge is 2.69. The van der Waals surface area contributed by atoms with Gasteiger partial charge < -0.3 is 14.9 Å². The first-order valence-corrected chi connectivity index (χ1v) is 10.6. The van der Waals surface area contributed by atoms with Crippen LogP contribution in [0, 0.1) is 34.0 Å². The summed E-state index contributed by atoms with van der Waals surface area (Å²) in [4.78, 5) is 11.4. The van der Waals surface area contributed by atoms with Gasteiger partial charge in [0.1, 0.15) is 0 Å². The van der Waals surface area contributed by atoms with Gasteiger partial charge >= 0.3 is 5.97 Å². The van der Waals surface area contributed by atoms with Crippen LogP contribution in [-0.2, 0) is 9.53 Å². The van der Waals surface area contributed by atoms with Crippen LogP contribution in [0.25, 0.3) is 0 Å². The van der Waals surface area contributed by atoms with Gasteiger partial charge in [-0.05, 0) is 80.5 Å². The second kappa shape index (κ2) is 5.70. The van der Waals surface area contributed by atoms with E-state index < -0.39 is 5.60 Å². The summed E-state index contributed by atoms with van der Waals surface area (Å²) in [6.45, 7) is 8.66. The van der Waals surface area contributed by atoms with Crippen LogP contribution in [-0.4, -0.2) is 34.5 Å². The largest absolute Gasteiger partial charge is 0.465 e. The van der Waals surface area contributed by atoms with E-state index >= 15 is 0 Å². The lowest BCUT2D eigenvalue weighted by Gasteiger charge is -2.65. The van der Waals surface area contributed by atoms with Gasteiger partial charge in [0.15, 0.2) is 0 Å². The van der Waals surface area contributed by atoms with Gasteiger partial charge in [0.05, 0.1) is 18.3 Å². The van der Waals surface area contributed by atoms with Crippen LogP contribution in [0.5, 0.6) is 0 Å². The van der Waals surface area contributed by atoms with Crippen LogP contribution < -0.4 is 0 Å². The first-order chi connectivity index (χ1) is 12.0. The summed E-state index contributed by atoms with van der Waals surface area (Å²) in [5.41, 5.74) is -0.473. The Hall–Kier alpha value is -0.610. The van der Waals surface area contributed by atoms with Crippen molar-refractivity contribution in [3.8, 4) is 0 Å². The first-order valence-electron chi connectivity index (χ1n) is 10.6. The molecule has 0 radical (unpaired) electrons. The molecule has 0 aromatic heterocycles. The van der Waals surface area contributed by atoms with E-state index in [4.69, 9.17) is 4.74 Å². The van der Waals surface area contributed by atoms with Crippen LogP contribution in [0.1, 0.15) is 79.1 Å². The van der Waals surface area contributed by atoms with Gasteiger partial charge in [0.25, 0.3) is 0 Å². The molecule has 4 saturated carbocycles. The Morgan fingerprint density at radius 3 is 2.62 bits per heavy atom. The maximum Gasteiger partial charge on any atom is 0.302 e. The summed E-state index contributed by atoms with van der Waals surface area (Å²) in [6, 6.07) is 0. The van der Waals surface area contributed by atoms with E-state index in [-0.39, 0.29) is 40.2 Å². The van der Waals surface area contributed by atoms with E-state index in [1.54, 1.807) is 0 Å². The average Bonchev–Trinajstić information content (AvgIpc) is 2.70. The highest BCUT2D eigenvalue weighted by atomic mass is 16.5. The van der Waals surface area contributed by atoms with Gasteiger partial charge in [0.2, 0.25) is 0 Å². The molecule has 0 heterocycles. The predicted octanol–water partition coefficient (Wildman–Crippen LogP) is 3.68. The van der Waals surface area contributed by atoms with Crippen molar-refractivity contribution in [2.24, 2.45) is 34.0 Å². The zero-order valence-corrected chi connectivity index (χ0v) is 16.9. The standard InChI is InChI=1S/C22H36O4/c1-14(23)26-13-19(2)7-5-8-20(3)17(19)6-9-22-11-15(21(4,25)12-22)10-16(24)18(20)22/h15-18,24-25H,5-13H2,1-4H3/t15-,16+,17-,18+,19-,20-,21?,22+/m1/s1. The molecule has 4 fully saturated rings. The van der Waals surface area contributed by atoms with Crippen LogP contribution >= 0.6 is 0 Å². The van der Waals surface area contributed by atoms with Crippen molar-refractivity contribution < 1.29 is 19.7 Å². The lowest BCUT2D eigenvalue weighted by atomic mass is 9.40. The second-order valence-corrected chi connectivity index (χ2v) is 11.0. The van der Waals surface area contributed by atoms with E-state index in [0.29, 0.717) is 12.5 Å².